The number of likely N-dealkylation sites (N-methyl/N-ethyl adjacent to an activating group) is 1. The third kappa shape index (κ3) is 3.99. The molecular weight excluding hydrogens is 344 g/mol. The summed E-state index contributed by atoms with van der Waals surface area (Å²) in [6, 6.07) is 7.59. The van der Waals surface area contributed by atoms with Crippen LogP contribution in [-0.2, 0) is 23.1 Å². The van der Waals surface area contributed by atoms with E-state index in [9.17, 15) is 13.2 Å². The molecule has 0 spiro atoms. The van der Waals surface area contributed by atoms with E-state index in [1.807, 2.05) is 24.3 Å². The van der Waals surface area contributed by atoms with Gasteiger partial charge in [-0.1, -0.05) is 18.2 Å². The zero-order valence-electron chi connectivity index (χ0n) is 14.1. The van der Waals surface area contributed by atoms with Crippen molar-refractivity contribution >= 4 is 16.0 Å². The predicted molar refractivity (Wildman–Crippen MR) is 94.4 cm³/mol. The van der Waals surface area contributed by atoms with Gasteiger partial charge in [0, 0.05) is 32.1 Å². The SMILES string of the molecule is CN(CCNc1nc2c(c(=O)[nH]1)Cc1ccccc1OC2)S(C)(=O)=O. The van der Waals surface area contributed by atoms with Crippen molar-refractivity contribution in [3.63, 3.8) is 0 Å². The smallest absolute Gasteiger partial charge is 0.256 e. The number of hydrogen-bond acceptors (Lipinski definition) is 6. The van der Waals surface area contributed by atoms with Crippen LogP contribution in [-0.4, -0.2) is 49.1 Å². The molecule has 2 heterocycles. The maximum absolute atomic E-state index is 12.4. The zero-order valence-corrected chi connectivity index (χ0v) is 14.9. The highest BCUT2D eigenvalue weighted by molar-refractivity contribution is 7.88. The van der Waals surface area contributed by atoms with Crippen LogP contribution in [0, 0.1) is 0 Å². The maximum Gasteiger partial charge on any atom is 0.256 e. The third-order valence-corrected chi connectivity index (χ3v) is 5.41. The quantitative estimate of drug-likeness (QED) is 0.803. The van der Waals surface area contributed by atoms with Gasteiger partial charge >= 0.3 is 0 Å². The first-order valence-corrected chi connectivity index (χ1v) is 9.67. The van der Waals surface area contributed by atoms with Gasteiger partial charge in [-0.2, -0.15) is 0 Å². The molecule has 3 rings (SSSR count). The number of anilines is 1. The van der Waals surface area contributed by atoms with E-state index in [1.54, 1.807) is 0 Å². The zero-order chi connectivity index (χ0) is 18.0. The summed E-state index contributed by atoms with van der Waals surface area (Å²) < 4.78 is 29.7. The highest BCUT2D eigenvalue weighted by atomic mass is 32.2. The minimum absolute atomic E-state index is 0.216. The molecule has 2 aromatic rings. The van der Waals surface area contributed by atoms with Gasteiger partial charge in [-0.15, -0.1) is 0 Å². The number of nitrogens with zero attached hydrogens (tertiary/aromatic N) is 2. The molecule has 0 atom stereocenters. The number of H-pyrrole nitrogens is 1. The van der Waals surface area contributed by atoms with E-state index in [1.165, 1.54) is 11.4 Å². The van der Waals surface area contributed by atoms with Crippen LogP contribution >= 0.6 is 0 Å². The van der Waals surface area contributed by atoms with Crippen molar-refractivity contribution in [1.29, 1.82) is 0 Å². The Morgan fingerprint density at radius 3 is 2.88 bits per heavy atom. The highest BCUT2D eigenvalue weighted by Gasteiger charge is 2.19. The van der Waals surface area contributed by atoms with E-state index in [-0.39, 0.29) is 18.7 Å². The summed E-state index contributed by atoms with van der Waals surface area (Å²) in [4.78, 5) is 19.5. The number of sulfonamides is 1. The minimum Gasteiger partial charge on any atom is -0.487 e. The largest absolute Gasteiger partial charge is 0.487 e. The Labute approximate surface area is 145 Å². The van der Waals surface area contributed by atoms with Gasteiger partial charge in [0.25, 0.3) is 5.56 Å². The second kappa shape index (κ2) is 6.85. The van der Waals surface area contributed by atoms with Gasteiger partial charge in [-0.3, -0.25) is 9.78 Å². The van der Waals surface area contributed by atoms with Gasteiger partial charge in [0.1, 0.15) is 12.4 Å². The van der Waals surface area contributed by atoms with Crippen LogP contribution in [0.2, 0.25) is 0 Å². The highest BCUT2D eigenvalue weighted by Crippen LogP contribution is 2.25. The van der Waals surface area contributed by atoms with Crippen molar-refractivity contribution in [2.24, 2.45) is 0 Å². The Kier molecular flexibility index (Phi) is 4.78. The molecule has 1 aromatic carbocycles. The normalized spacial score (nSPS) is 13.6. The molecule has 1 aromatic heterocycles. The number of aromatic nitrogens is 2. The van der Waals surface area contributed by atoms with E-state index in [4.69, 9.17) is 4.74 Å². The van der Waals surface area contributed by atoms with Crippen LogP contribution < -0.4 is 15.6 Å². The number of benzene rings is 1. The van der Waals surface area contributed by atoms with Gasteiger partial charge in [0.2, 0.25) is 16.0 Å². The Morgan fingerprint density at radius 1 is 1.36 bits per heavy atom. The van der Waals surface area contributed by atoms with Crippen LogP contribution in [0.5, 0.6) is 5.75 Å². The molecule has 0 radical (unpaired) electrons. The number of hydrogen-bond donors (Lipinski definition) is 2. The molecule has 0 saturated carbocycles. The Bertz CT molecular complexity index is 939. The molecule has 8 nitrogen and oxygen atoms in total. The molecule has 134 valence electrons. The van der Waals surface area contributed by atoms with Gasteiger partial charge in [-0.25, -0.2) is 17.7 Å². The Hall–Kier alpha value is -2.39. The van der Waals surface area contributed by atoms with Crippen molar-refractivity contribution < 1.29 is 13.2 Å². The Morgan fingerprint density at radius 2 is 2.12 bits per heavy atom. The molecule has 0 saturated heterocycles. The van der Waals surface area contributed by atoms with Gasteiger partial charge in [0.05, 0.1) is 11.9 Å². The molecule has 1 aliphatic rings. The fraction of sp³-hybridized carbons (Fsp3) is 0.375. The molecule has 0 fully saturated rings. The molecule has 1 aliphatic heterocycles. The number of ether oxygens (including phenoxy) is 1. The molecule has 2 N–H and O–H groups in total. The summed E-state index contributed by atoms with van der Waals surface area (Å²) >= 11 is 0. The summed E-state index contributed by atoms with van der Waals surface area (Å²) in [5.74, 6) is 1.06. The van der Waals surface area contributed by atoms with E-state index in [2.05, 4.69) is 15.3 Å². The molecular formula is C16H20N4O4S. The predicted octanol–water partition coefficient (Wildman–Crippen LogP) is 0.556. The average Bonchev–Trinajstić information content (AvgIpc) is 2.74. The topological polar surface area (TPSA) is 104 Å². The first kappa shape index (κ1) is 17.4. The van der Waals surface area contributed by atoms with Crippen molar-refractivity contribution in [2.75, 3.05) is 31.7 Å². The first-order chi connectivity index (χ1) is 11.8. The van der Waals surface area contributed by atoms with E-state index in [0.717, 1.165) is 17.6 Å². The fourth-order valence-corrected chi connectivity index (χ4v) is 2.98. The molecule has 0 bridgehead atoms. The fourth-order valence-electron chi connectivity index (χ4n) is 2.55. The van der Waals surface area contributed by atoms with Crippen LogP contribution in [0.3, 0.4) is 0 Å². The third-order valence-electron chi connectivity index (χ3n) is 4.09. The summed E-state index contributed by atoms with van der Waals surface area (Å²) in [6.45, 7) is 0.808. The van der Waals surface area contributed by atoms with Gasteiger partial charge < -0.3 is 10.1 Å². The van der Waals surface area contributed by atoms with Crippen molar-refractivity contribution in [3.8, 4) is 5.75 Å². The molecule has 9 heteroatoms. The van der Waals surface area contributed by atoms with Crippen molar-refractivity contribution in [3.05, 3.63) is 51.4 Å². The first-order valence-electron chi connectivity index (χ1n) is 7.82. The number of para-hydroxylation sites is 1. The second-order valence-electron chi connectivity index (χ2n) is 5.92. The van der Waals surface area contributed by atoms with E-state index in [0.29, 0.717) is 30.2 Å². The maximum atomic E-state index is 12.4. The Balaban J connectivity index is 1.76. The van der Waals surface area contributed by atoms with Crippen LogP contribution in [0.4, 0.5) is 5.95 Å². The lowest BCUT2D eigenvalue weighted by Crippen LogP contribution is -2.31. The van der Waals surface area contributed by atoms with E-state index < -0.39 is 10.0 Å². The van der Waals surface area contributed by atoms with Crippen LogP contribution in [0.1, 0.15) is 16.8 Å². The minimum atomic E-state index is -3.23. The summed E-state index contributed by atoms with van der Waals surface area (Å²) in [5.41, 5.74) is 1.90. The molecule has 0 aliphatic carbocycles. The molecule has 0 amide bonds. The van der Waals surface area contributed by atoms with Crippen molar-refractivity contribution in [1.82, 2.24) is 14.3 Å². The number of aromatic amines is 1. The van der Waals surface area contributed by atoms with Gasteiger partial charge in [-0.05, 0) is 11.6 Å². The summed E-state index contributed by atoms with van der Waals surface area (Å²) in [6.07, 6.45) is 1.61. The van der Waals surface area contributed by atoms with Gasteiger partial charge in [0.15, 0.2) is 0 Å². The van der Waals surface area contributed by atoms with E-state index >= 15 is 0 Å². The number of rotatable bonds is 5. The lowest BCUT2D eigenvalue weighted by atomic mass is 10.1. The van der Waals surface area contributed by atoms with Crippen LogP contribution in [0.15, 0.2) is 29.1 Å². The monoisotopic (exact) mass is 364 g/mol. The average molecular weight is 364 g/mol. The standard InChI is InChI=1S/C16H20N4O4S/c1-20(25(2,22)23)8-7-17-16-18-13-10-24-14-6-4-3-5-11(14)9-12(13)15(21)19-16/h3-6H,7-10H2,1-2H3,(H2,17,18,19,21). The van der Waals surface area contributed by atoms with Crippen LogP contribution in [0.25, 0.3) is 0 Å². The lowest BCUT2D eigenvalue weighted by Gasteiger charge is -2.15. The summed E-state index contributed by atoms with van der Waals surface area (Å²) in [5, 5.41) is 2.95. The molecule has 0 unspecified atom stereocenters. The summed E-state index contributed by atoms with van der Waals surface area (Å²) in [7, 11) is -1.74. The molecule has 25 heavy (non-hydrogen) atoms. The number of nitrogens with one attached hydrogen (secondary N) is 2. The second-order valence-corrected chi connectivity index (χ2v) is 8.01. The lowest BCUT2D eigenvalue weighted by molar-refractivity contribution is 0.302. The van der Waals surface area contributed by atoms with Crippen molar-refractivity contribution in [2.45, 2.75) is 13.0 Å². The number of fused-ring (bicyclic) bond motifs is 2.